The Morgan fingerprint density at radius 3 is 2.57 bits per heavy atom. The molecule has 2 aromatic carbocycles. The van der Waals surface area contributed by atoms with Crippen molar-refractivity contribution in [3.05, 3.63) is 75.8 Å². The maximum Gasteiger partial charge on any atom is 0.248 e. The van der Waals surface area contributed by atoms with Gasteiger partial charge in [-0.3, -0.25) is 4.79 Å². The molecule has 0 aliphatic heterocycles. The molecule has 0 bridgehead atoms. The molecule has 0 aromatic heterocycles. The summed E-state index contributed by atoms with van der Waals surface area (Å²) in [7, 11) is -3.56. The van der Waals surface area contributed by atoms with Gasteiger partial charge in [-0.15, -0.1) is 0 Å². The van der Waals surface area contributed by atoms with E-state index in [2.05, 4.69) is 21.2 Å². The molecule has 0 aliphatic rings. The first-order chi connectivity index (χ1) is 13.4. The van der Waals surface area contributed by atoms with Crippen molar-refractivity contribution in [3.63, 3.8) is 0 Å². The molecule has 0 aliphatic carbocycles. The molecule has 2 aromatic rings. The molecule has 0 radical (unpaired) electrons. The van der Waals surface area contributed by atoms with E-state index < -0.39 is 21.5 Å². The van der Waals surface area contributed by atoms with E-state index in [0.717, 1.165) is 15.6 Å². The summed E-state index contributed by atoms with van der Waals surface area (Å²) in [5, 5.41) is 11.4. The van der Waals surface area contributed by atoms with E-state index in [4.69, 9.17) is 5.26 Å². The summed E-state index contributed by atoms with van der Waals surface area (Å²) in [5.74, 6) is -1.09. The third-order valence-electron chi connectivity index (χ3n) is 3.92. The minimum absolute atomic E-state index is 0.0951. The number of hydrogen-bond donors (Lipinski definition) is 1. The summed E-state index contributed by atoms with van der Waals surface area (Å²) in [6.45, 7) is 0.400. The summed E-state index contributed by atoms with van der Waals surface area (Å²) in [6, 6.07) is 18.8. The lowest BCUT2D eigenvalue weighted by molar-refractivity contribution is -0.117. The smallest absolute Gasteiger partial charge is 0.248 e. The molecule has 0 atom stereocenters. The van der Waals surface area contributed by atoms with Gasteiger partial charge in [0.2, 0.25) is 5.91 Å². The van der Waals surface area contributed by atoms with Crippen LogP contribution >= 0.6 is 15.9 Å². The van der Waals surface area contributed by atoms with E-state index in [9.17, 15) is 13.2 Å². The fourth-order valence-corrected chi connectivity index (χ4v) is 4.21. The Morgan fingerprint density at radius 1 is 1.14 bits per heavy atom. The van der Waals surface area contributed by atoms with Crippen LogP contribution < -0.4 is 5.32 Å². The maximum atomic E-state index is 12.7. The first-order valence-corrected chi connectivity index (χ1v) is 11.4. The lowest BCUT2D eigenvalue weighted by Gasteiger charge is -2.10. The number of nitrogens with zero attached hydrogens (tertiary/aromatic N) is 1. The minimum Gasteiger partial charge on any atom is -0.352 e. The number of halogens is 1. The normalized spacial score (nSPS) is 11.6. The Morgan fingerprint density at radius 2 is 1.89 bits per heavy atom. The second-order valence-corrected chi connectivity index (χ2v) is 9.32. The van der Waals surface area contributed by atoms with Crippen LogP contribution in [0.2, 0.25) is 0 Å². The molecule has 7 heteroatoms. The van der Waals surface area contributed by atoms with E-state index in [1.54, 1.807) is 18.2 Å². The second-order valence-electron chi connectivity index (χ2n) is 6.22. The van der Waals surface area contributed by atoms with Crippen LogP contribution in [0.5, 0.6) is 0 Å². The van der Waals surface area contributed by atoms with Gasteiger partial charge in [-0.05, 0) is 35.8 Å². The predicted molar refractivity (Wildman–Crippen MR) is 114 cm³/mol. The summed E-state index contributed by atoms with van der Waals surface area (Å²) in [6.07, 6.45) is 2.13. The van der Waals surface area contributed by atoms with Gasteiger partial charge in [0.25, 0.3) is 0 Å². The van der Waals surface area contributed by atoms with Gasteiger partial charge in [0.15, 0.2) is 9.84 Å². The molecular weight excluding hydrogens is 440 g/mol. The zero-order valence-corrected chi connectivity index (χ0v) is 17.7. The predicted octanol–water partition coefficient (Wildman–Crippen LogP) is 3.52. The molecule has 0 saturated carbocycles. The van der Waals surface area contributed by atoms with Gasteiger partial charge in [-0.2, -0.15) is 5.26 Å². The van der Waals surface area contributed by atoms with Crippen molar-refractivity contribution in [2.75, 3.05) is 18.1 Å². The first kappa shape index (κ1) is 21.9. The van der Waals surface area contributed by atoms with Crippen LogP contribution in [0.25, 0.3) is 6.08 Å². The van der Waals surface area contributed by atoms with Crippen molar-refractivity contribution >= 4 is 37.8 Å². The van der Waals surface area contributed by atoms with Gasteiger partial charge >= 0.3 is 0 Å². The fourth-order valence-electron chi connectivity index (χ4n) is 2.56. The first-order valence-electron chi connectivity index (χ1n) is 8.75. The SMILES string of the molecule is N#CCCS(=O)(=O)C/C(=C\c1cccc(Br)c1)C(=O)NCCc1ccccc1. The summed E-state index contributed by atoms with van der Waals surface area (Å²) < 4.78 is 25.4. The van der Waals surface area contributed by atoms with Crippen molar-refractivity contribution in [2.45, 2.75) is 12.8 Å². The number of amides is 1. The van der Waals surface area contributed by atoms with Crippen molar-refractivity contribution in [3.8, 4) is 6.07 Å². The van der Waals surface area contributed by atoms with Crippen LogP contribution in [0.1, 0.15) is 17.5 Å². The molecule has 2 rings (SSSR count). The summed E-state index contributed by atoms with van der Waals surface area (Å²) >= 11 is 3.37. The molecule has 1 N–H and O–H groups in total. The molecule has 146 valence electrons. The van der Waals surface area contributed by atoms with Gasteiger partial charge in [0, 0.05) is 23.0 Å². The maximum absolute atomic E-state index is 12.7. The third kappa shape index (κ3) is 7.67. The number of carbonyl (C=O) groups excluding carboxylic acids is 1. The summed E-state index contributed by atoms with van der Waals surface area (Å²) in [5.41, 5.74) is 1.96. The van der Waals surface area contributed by atoms with E-state index in [1.165, 1.54) is 0 Å². The van der Waals surface area contributed by atoms with Crippen molar-refractivity contribution in [1.82, 2.24) is 5.32 Å². The third-order valence-corrected chi connectivity index (χ3v) is 5.99. The van der Waals surface area contributed by atoms with E-state index >= 15 is 0 Å². The number of hydrogen-bond acceptors (Lipinski definition) is 4. The molecule has 0 fully saturated rings. The van der Waals surface area contributed by atoms with Gasteiger partial charge in [-0.1, -0.05) is 58.4 Å². The molecule has 0 heterocycles. The molecule has 5 nitrogen and oxygen atoms in total. The Bertz CT molecular complexity index is 980. The topological polar surface area (TPSA) is 87.0 Å². The lowest BCUT2D eigenvalue weighted by Crippen LogP contribution is -2.30. The zero-order chi connectivity index (χ0) is 20.4. The highest BCUT2D eigenvalue weighted by molar-refractivity contribution is 9.10. The number of sulfone groups is 1. The quantitative estimate of drug-likeness (QED) is 0.579. The van der Waals surface area contributed by atoms with Crippen molar-refractivity contribution in [2.24, 2.45) is 0 Å². The van der Waals surface area contributed by atoms with Crippen LogP contribution in [0.4, 0.5) is 0 Å². The highest BCUT2D eigenvalue weighted by atomic mass is 79.9. The Labute approximate surface area is 174 Å². The fraction of sp³-hybridized carbons (Fsp3) is 0.238. The Kier molecular flexibility index (Phi) is 8.42. The van der Waals surface area contributed by atoms with Crippen LogP contribution in [0.3, 0.4) is 0 Å². The number of nitriles is 1. The largest absolute Gasteiger partial charge is 0.352 e. The molecule has 1 amide bonds. The molecule has 0 spiro atoms. The molecule has 0 saturated heterocycles. The standard InChI is InChI=1S/C21H21BrN2O3S/c22-20-9-4-8-18(15-20)14-19(16-28(26,27)13-5-11-23)21(25)24-12-10-17-6-2-1-3-7-17/h1-4,6-9,14-15H,5,10,12-13,16H2,(H,24,25)/b19-14+. The zero-order valence-electron chi connectivity index (χ0n) is 15.3. The molecule has 0 unspecified atom stereocenters. The Balaban J connectivity index is 2.14. The van der Waals surface area contributed by atoms with Crippen molar-refractivity contribution in [1.29, 1.82) is 5.26 Å². The average Bonchev–Trinajstić information content (AvgIpc) is 2.66. The number of benzene rings is 2. The number of carbonyl (C=O) groups is 1. The minimum atomic E-state index is -3.56. The highest BCUT2D eigenvalue weighted by Gasteiger charge is 2.19. The average molecular weight is 461 g/mol. The van der Waals surface area contributed by atoms with Gasteiger partial charge in [0.05, 0.1) is 17.6 Å². The van der Waals surface area contributed by atoms with Gasteiger partial charge < -0.3 is 5.32 Å². The van der Waals surface area contributed by atoms with Gasteiger partial charge in [-0.25, -0.2) is 8.42 Å². The van der Waals surface area contributed by atoms with E-state index in [1.807, 2.05) is 48.5 Å². The Hall–Kier alpha value is -2.43. The van der Waals surface area contributed by atoms with Crippen LogP contribution in [-0.2, 0) is 21.1 Å². The highest BCUT2D eigenvalue weighted by Crippen LogP contribution is 2.16. The monoisotopic (exact) mass is 460 g/mol. The second kappa shape index (κ2) is 10.8. The van der Waals surface area contributed by atoms with Gasteiger partial charge in [0.1, 0.15) is 0 Å². The number of nitrogens with one attached hydrogen (secondary N) is 1. The summed E-state index contributed by atoms with van der Waals surface area (Å²) in [4.78, 5) is 12.7. The van der Waals surface area contributed by atoms with E-state index in [0.29, 0.717) is 13.0 Å². The van der Waals surface area contributed by atoms with Crippen molar-refractivity contribution < 1.29 is 13.2 Å². The van der Waals surface area contributed by atoms with Crippen LogP contribution in [0, 0.1) is 11.3 Å². The lowest BCUT2D eigenvalue weighted by atomic mass is 10.1. The molecule has 28 heavy (non-hydrogen) atoms. The number of rotatable bonds is 9. The van der Waals surface area contributed by atoms with Crippen LogP contribution in [0.15, 0.2) is 64.6 Å². The van der Waals surface area contributed by atoms with Crippen LogP contribution in [-0.4, -0.2) is 32.4 Å². The van der Waals surface area contributed by atoms with E-state index in [-0.39, 0.29) is 17.7 Å². The molecular formula is C21H21BrN2O3S.